The van der Waals surface area contributed by atoms with Gasteiger partial charge in [0, 0.05) is 13.1 Å². The summed E-state index contributed by atoms with van der Waals surface area (Å²) in [4.78, 5) is 4.07. The Morgan fingerprint density at radius 2 is 2.18 bits per heavy atom. The maximum Gasteiger partial charge on any atom is 0.465 e. The van der Waals surface area contributed by atoms with Crippen molar-refractivity contribution < 1.29 is 22.6 Å². The van der Waals surface area contributed by atoms with Crippen LogP contribution < -0.4 is 4.18 Å². The first kappa shape index (κ1) is 17.9. The van der Waals surface area contributed by atoms with Crippen LogP contribution in [0.2, 0.25) is 5.28 Å². The van der Waals surface area contributed by atoms with Crippen LogP contribution >= 0.6 is 23.1 Å². The van der Waals surface area contributed by atoms with E-state index >= 15 is 0 Å². The summed E-state index contributed by atoms with van der Waals surface area (Å²) in [6, 6.07) is 1.88. The molecule has 14 heteroatoms. The van der Waals surface area contributed by atoms with E-state index in [-0.39, 0.29) is 17.6 Å². The van der Waals surface area contributed by atoms with E-state index in [1.807, 2.05) is 0 Å². The van der Waals surface area contributed by atoms with Crippen molar-refractivity contribution >= 4 is 33.5 Å². The predicted molar refractivity (Wildman–Crippen MR) is 96.1 cm³/mol. The third-order valence-corrected chi connectivity index (χ3v) is 5.60. The van der Waals surface area contributed by atoms with E-state index in [0.717, 1.165) is 29.7 Å². The molecule has 0 N–H and O–H groups in total. The minimum absolute atomic E-state index is 0.107. The number of nitrogens with zero attached hydrogens (tertiary/aromatic N) is 6. The van der Waals surface area contributed by atoms with E-state index in [9.17, 15) is 12.8 Å². The van der Waals surface area contributed by atoms with Gasteiger partial charge in [-0.2, -0.15) is 17.9 Å². The van der Waals surface area contributed by atoms with Crippen molar-refractivity contribution in [1.29, 1.82) is 0 Å². The van der Waals surface area contributed by atoms with Crippen molar-refractivity contribution in [3.8, 4) is 16.6 Å². The van der Waals surface area contributed by atoms with Crippen LogP contribution in [0.3, 0.4) is 0 Å². The molecular weight excluding hydrogens is 435 g/mol. The van der Waals surface area contributed by atoms with Crippen molar-refractivity contribution in [2.75, 3.05) is 6.54 Å². The molecule has 2 aromatic heterocycles. The summed E-state index contributed by atoms with van der Waals surface area (Å²) in [5.41, 5.74) is 0. The Labute approximate surface area is 169 Å². The highest BCUT2D eigenvalue weighted by molar-refractivity contribution is 7.82. The second kappa shape index (κ2) is 7.33. The van der Waals surface area contributed by atoms with Crippen molar-refractivity contribution in [3.05, 3.63) is 41.2 Å². The van der Waals surface area contributed by atoms with Gasteiger partial charge in [-0.25, -0.2) is 9.37 Å². The fourth-order valence-corrected chi connectivity index (χ4v) is 4.22. The van der Waals surface area contributed by atoms with Gasteiger partial charge < -0.3 is 8.75 Å². The number of aromatic nitrogens is 5. The van der Waals surface area contributed by atoms with Gasteiger partial charge in [-0.1, -0.05) is 0 Å². The van der Waals surface area contributed by atoms with Gasteiger partial charge in [-0.15, -0.1) is 14.5 Å². The molecule has 1 aliphatic rings. The monoisotopic (exact) mass is 447 g/mol. The average Bonchev–Trinajstić information content (AvgIpc) is 3.26. The van der Waals surface area contributed by atoms with E-state index in [1.165, 1.54) is 5.06 Å². The lowest BCUT2D eigenvalue weighted by atomic mass is 10.2. The number of halogens is 2. The van der Waals surface area contributed by atoms with Crippen LogP contribution in [0.1, 0.15) is 20.2 Å². The number of rotatable bonds is 5. The maximum atomic E-state index is 13.2. The lowest BCUT2D eigenvalue weighted by molar-refractivity contribution is -0.108. The molecule has 4 rings (SSSR count). The molecule has 3 aromatic rings. The van der Waals surface area contributed by atoms with Crippen LogP contribution in [0.15, 0.2) is 24.2 Å². The number of hydroxylamine groups is 2. The van der Waals surface area contributed by atoms with Gasteiger partial charge in [0.1, 0.15) is 11.6 Å². The van der Waals surface area contributed by atoms with Gasteiger partial charge in [0.15, 0.2) is 16.7 Å². The Hall–Kier alpha value is -2.19. The van der Waals surface area contributed by atoms with Crippen LogP contribution in [0.25, 0.3) is 10.8 Å². The maximum absolute atomic E-state index is 13.2. The molecule has 1 aromatic carbocycles. The Morgan fingerprint density at radius 3 is 2.89 bits per heavy atom. The highest BCUT2D eigenvalue weighted by Crippen LogP contribution is 2.30. The summed E-state index contributed by atoms with van der Waals surface area (Å²) in [6.07, 6.45) is 0. The SMILES string of the molecule is [2H]c1cc(OS(=O)(=O)ON2CCn3c(-c4nc(Cl)ns4)nnc3[C@H]2C)ccc1F. The third kappa shape index (κ3) is 3.84. The molecule has 0 saturated carbocycles. The zero-order valence-electron chi connectivity index (χ0n) is 15.1. The third-order valence-electron chi connectivity index (χ3n) is 3.85. The van der Waals surface area contributed by atoms with Crippen LogP contribution in [0.4, 0.5) is 4.39 Å². The topological polar surface area (TPSA) is 112 Å². The highest BCUT2D eigenvalue weighted by atomic mass is 35.5. The Balaban J connectivity index is 1.51. The van der Waals surface area contributed by atoms with Crippen LogP contribution in [0.5, 0.6) is 5.75 Å². The van der Waals surface area contributed by atoms with E-state index < -0.39 is 28.3 Å². The van der Waals surface area contributed by atoms with Crippen molar-refractivity contribution in [3.63, 3.8) is 0 Å². The van der Waals surface area contributed by atoms with Gasteiger partial charge in [0.2, 0.25) is 5.28 Å². The fraction of sp³-hybridized carbons (Fsp3) is 0.286. The highest BCUT2D eigenvalue weighted by Gasteiger charge is 2.34. The van der Waals surface area contributed by atoms with Crippen LogP contribution in [-0.2, 0) is 21.2 Å². The molecule has 0 amide bonds. The van der Waals surface area contributed by atoms with Gasteiger partial charge in [0.25, 0.3) is 0 Å². The molecule has 0 unspecified atom stereocenters. The number of fused-ring (bicyclic) bond motifs is 1. The molecule has 0 spiro atoms. The molecule has 0 aliphatic carbocycles. The average molecular weight is 448 g/mol. The molecule has 148 valence electrons. The van der Waals surface area contributed by atoms with Crippen molar-refractivity contribution in [1.82, 2.24) is 29.2 Å². The Kier molecular flexibility index (Phi) is 4.68. The first-order valence-corrected chi connectivity index (χ1v) is 10.3. The molecule has 0 saturated heterocycles. The summed E-state index contributed by atoms with van der Waals surface area (Å²) in [7, 11) is -4.52. The molecule has 1 aliphatic heterocycles. The van der Waals surface area contributed by atoms with E-state index in [2.05, 4.69) is 19.6 Å². The van der Waals surface area contributed by atoms with Crippen molar-refractivity contribution in [2.24, 2.45) is 0 Å². The summed E-state index contributed by atoms with van der Waals surface area (Å²) < 4.78 is 60.5. The molecular formula is C14H12ClFN6O4S2. The summed E-state index contributed by atoms with van der Waals surface area (Å²) in [6.45, 7) is 2.19. The van der Waals surface area contributed by atoms with E-state index in [0.29, 0.717) is 23.2 Å². The van der Waals surface area contributed by atoms with Crippen molar-refractivity contribution in [2.45, 2.75) is 19.5 Å². The Morgan fingerprint density at radius 1 is 1.36 bits per heavy atom. The summed E-state index contributed by atoms with van der Waals surface area (Å²) in [5, 5.41) is 9.97. The fourth-order valence-electron chi connectivity index (χ4n) is 2.62. The van der Waals surface area contributed by atoms with Gasteiger partial charge in [0.05, 0.1) is 7.41 Å². The second-order valence-electron chi connectivity index (χ2n) is 5.66. The summed E-state index contributed by atoms with van der Waals surface area (Å²) in [5.74, 6) is -0.0980. The first-order valence-electron chi connectivity index (χ1n) is 8.33. The zero-order valence-corrected chi connectivity index (χ0v) is 16.5. The number of hydrogen-bond donors (Lipinski definition) is 0. The zero-order chi connectivity index (χ0) is 20.8. The minimum Gasteiger partial charge on any atom is -0.361 e. The lowest BCUT2D eigenvalue weighted by Gasteiger charge is -2.31. The smallest absolute Gasteiger partial charge is 0.361 e. The van der Waals surface area contributed by atoms with Gasteiger partial charge in [-0.05, 0) is 54.3 Å². The molecule has 0 radical (unpaired) electrons. The largest absolute Gasteiger partial charge is 0.465 e. The molecule has 1 atom stereocenters. The molecule has 0 bridgehead atoms. The quantitative estimate of drug-likeness (QED) is 0.580. The van der Waals surface area contributed by atoms with Crippen LogP contribution in [0, 0.1) is 5.82 Å². The molecule has 10 nitrogen and oxygen atoms in total. The van der Waals surface area contributed by atoms with Crippen LogP contribution in [-0.4, -0.2) is 44.1 Å². The first-order chi connectivity index (χ1) is 13.7. The Bertz CT molecular complexity index is 1170. The molecule has 28 heavy (non-hydrogen) atoms. The predicted octanol–water partition coefficient (Wildman–Crippen LogP) is 2.22. The second-order valence-corrected chi connectivity index (χ2v) is 7.88. The number of benzene rings is 1. The normalized spacial score (nSPS) is 18.0. The van der Waals surface area contributed by atoms with E-state index in [4.69, 9.17) is 21.4 Å². The standard InChI is InChI=1S/C14H12ClFN6O4S2/c1-8-11-18-19-12(13-17-14(15)20-27-13)21(11)6-7-22(8)26-28(23,24)25-10-4-2-9(16)3-5-10/h2-5,8H,6-7H2,1H3/t8-/m1/s1/i2D. The lowest BCUT2D eigenvalue weighted by Crippen LogP contribution is -2.39. The van der Waals surface area contributed by atoms with Gasteiger partial charge >= 0.3 is 10.4 Å². The minimum atomic E-state index is -4.52. The van der Waals surface area contributed by atoms with Gasteiger partial charge in [-0.3, -0.25) is 0 Å². The molecule has 0 fully saturated rings. The summed E-state index contributed by atoms with van der Waals surface area (Å²) >= 11 is 6.84. The number of hydrogen-bond acceptors (Lipinski definition) is 10. The molecule has 3 heterocycles. The van der Waals surface area contributed by atoms with E-state index in [1.54, 1.807) is 11.5 Å².